The van der Waals surface area contributed by atoms with Gasteiger partial charge in [0.2, 0.25) is 0 Å². The van der Waals surface area contributed by atoms with E-state index in [9.17, 15) is 19.8 Å². The van der Waals surface area contributed by atoms with Crippen molar-refractivity contribution in [2.24, 2.45) is 5.41 Å². The molecule has 0 unspecified atom stereocenters. The van der Waals surface area contributed by atoms with Crippen LogP contribution < -0.4 is 10.2 Å². The zero-order valence-corrected chi connectivity index (χ0v) is 18.8. The summed E-state index contributed by atoms with van der Waals surface area (Å²) in [5.41, 5.74) is -1.16. The minimum atomic E-state index is -0.968. The number of hydrogen-bond acceptors (Lipinski definition) is 8. The third-order valence-corrected chi connectivity index (χ3v) is 6.35. The number of fused-ring (bicyclic) bond motifs is 2. The third kappa shape index (κ3) is 5.16. The van der Waals surface area contributed by atoms with Gasteiger partial charge in [0.05, 0.1) is 33.7 Å². The van der Waals surface area contributed by atoms with E-state index in [2.05, 4.69) is 0 Å². The molecule has 0 saturated carbocycles. The first-order valence-electron chi connectivity index (χ1n) is 9.59. The molecular weight excluding hydrogens is 442 g/mol. The van der Waals surface area contributed by atoms with Crippen LogP contribution in [-0.4, -0.2) is 68.1 Å². The maximum absolute atomic E-state index is 12.9. The van der Waals surface area contributed by atoms with E-state index < -0.39 is 11.4 Å². The molecule has 9 heteroatoms. The van der Waals surface area contributed by atoms with Gasteiger partial charge in [0.15, 0.2) is 12.0 Å². The summed E-state index contributed by atoms with van der Waals surface area (Å²) in [6, 6.07) is 10.4. The SMILES string of the molecule is CN(C)CC(CO)(CO)COC(=O)COc1ccc(Cl)c2c(=O)c3ccccc3sc12. The molecule has 1 aromatic heterocycles. The van der Waals surface area contributed by atoms with Crippen LogP contribution in [0.3, 0.4) is 0 Å². The lowest BCUT2D eigenvalue weighted by Gasteiger charge is -2.31. The van der Waals surface area contributed by atoms with Gasteiger partial charge in [-0.05, 0) is 38.4 Å². The van der Waals surface area contributed by atoms with Crippen LogP contribution in [0.25, 0.3) is 20.2 Å². The van der Waals surface area contributed by atoms with Crippen LogP contribution in [-0.2, 0) is 9.53 Å². The largest absolute Gasteiger partial charge is 0.480 e. The normalized spacial score (nSPS) is 11.9. The number of carbonyl (C=O) groups excluding carboxylic acids is 1. The maximum atomic E-state index is 12.9. The Morgan fingerprint density at radius 3 is 2.55 bits per heavy atom. The zero-order chi connectivity index (χ0) is 22.6. The Morgan fingerprint density at radius 2 is 1.87 bits per heavy atom. The third-order valence-electron chi connectivity index (χ3n) is 4.85. The van der Waals surface area contributed by atoms with E-state index >= 15 is 0 Å². The van der Waals surface area contributed by atoms with Crippen LogP contribution in [0.5, 0.6) is 5.75 Å². The molecule has 2 N–H and O–H groups in total. The molecule has 0 aliphatic heterocycles. The van der Waals surface area contributed by atoms with Crippen LogP contribution in [0.15, 0.2) is 41.2 Å². The second-order valence-electron chi connectivity index (χ2n) is 7.68. The summed E-state index contributed by atoms with van der Waals surface area (Å²) < 4.78 is 12.2. The van der Waals surface area contributed by atoms with Gasteiger partial charge in [0.1, 0.15) is 12.4 Å². The Kier molecular flexibility index (Phi) is 7.51. The highest BCUT2D eigenvalue weighted by atomic mass is 35.5. The highest BCUT2D eigenvalue weighted by Crippen LogP contribution is 2.35. The highest BCUT2D eigenvalue weighted by Gasteiger charge is 2.31. The van der Waals surface area contributed by atoms with Gasteiger partial charge < -0.3 is 24.6 Å². The first kappa shape index (κ1) is 23.4. The van der Waals surface area contributed by atoms with Gasteiger partial charge in [-0.2, -0.15) is 0 Å². The molecule has 1 heterocycles. The van der Waals surface area contributed by atoms with Crippen molar-refractivity contribution >= 4 is 49.1 Å². The number of rotatable bonds is 9. The molecule has 3 aromatic rings. The number of ether oxygens (including phenoxy) is 2. The topological polar surface area (TPSA) is 96.3 Å². The summed E-state index contributed by atoms with van der Waals surface area (Å²) in [6.07, 6.45) is 0. The Labute approximate surface area is 188 Å². The van der Waals surface area contributed by atoms with E-state index in [0.29, 0.717) is 32.8 Å². The molecule has 0 bridgehead atoms. The van der Waals surface area contributed by atoms with Crippen LogP contribution in [0, 0.1) is 5.41 Å². The van der Waals surface area contributed by atoms with E-state index in [1.807, 2.05) is 12.1 Å². The Balaban J connectivity index is 1.79. The highest BCUT2D eigenvalue weighted by molar-refractivity contribution is 7.25. The zero-order valence-electron chi connectivity index (χ0n) is 17.3. The van der Waals surface area contributed by atoms with Crippen LogP contribution >= 0.6 is 22.9 Å². The molecule has 7 nitrogen and oxygen atoms in total. The lowest BCUT2D eigenvalue weighted by molar-refractivity contribution is -0.152. The summed E-state index contributed by atoms with van der Waals surface area (Å²) in [5.74, 6) is -0.297. The summed E-state index contributed by atoms with van der Waals surface area (Å²) in [5, 5.41) is 20.5. The molecule has 2 aromatic carbocycles. The number of nitrogens with zero attached hydrogens (tertiary/aromatic N) is 1. The van der Waals surface area contributed by atoms with Crippen molar-refractivity contribution in [2.75, 3.05) is 47.1 Å². The van der Waals surface area contributed by atoms with Gasteiger partial charge in [0.25, 0.3) is 0 Å². The smallest absolute Gasteiger partial charge is 0.344 e. The van der Waals surface area contributed by atoms with E-state index in [1.165, 1.54) is 11.3 Å². The Morgan fingerprint density at radius 1 is 1.16 bits per heavy atom. The average Bonchev–Trinajstić information content (AvgIpc) is 2.76. The first-order valence-corrected chi connectivity index (χ1v) is 10.8. The quantitative estimate of drug-likeness (QED) is 0.370. The number of aliphatic hydroxyl groups excluding tert-OH is 2. The van der Waals surface area contributed by atoms with Gasteiger partial charge in [-0.3, -0.25) is 4.79 Å². The lowest BCUT2D eigenvalue weighted by Crippen LogP contribution is -2.44. The predicted molar refractivity (Wildman–Crippen MR) is 122 cm³/mol. The van der Waals surface area contributed by atoms with E-state index in [0.717, 1.165) is 4.70 Å². The van der Waals surface area contributed by atoms with Crippen molar-refractivity contribution < 1.29 is 24.5 Å². The fourth-order valence-electron chi connectivity index (χ4n) is 3.32. The number of hydrogen-bond donors (Lipinski definition) is 2. The van der Waals surface area contributed by atoms with Crippen molar-refractivity contribution in [3.63, 3.8) is 0 Å². The molecule has 3 rings (SSSR count). The molecule has 0 saturated heterocycles. The van der Waals surface area contributed by atoms with Gasteiger partial charge in [-0.1, -0.05) is 23.7 Å². The van der Waals surface area contributed by atoms with Crippen molar-refractivity contribution in [1.82, 2.24) is 4.90 Å². The van der Waals surface area contributed by atoms with Gasteiger partial charge in [0, 0.05) is 16.6 Å². The molecule has 0 fully saturated rings. The molecule has 0 amide bonds. The molecule has 0 spiro atoms. The van der Waals surface area contributed by atoms with Gasteiger partial charge in [-0.25, -0.2) is 4.79 Å². The predicted octanol–water partition coefficient (Wildman–Crippen LogP) is 2.52. The molecule has 166 valence electrons. The summed E-state index contributed by atoms with van der Waals surface area (Å²) in [7, 11) is 3.59. The fraction of sp³-hybridized carbons (Fsp3) is 0.364. The van der Waals surface area contributed by atoms with Crippen molar-refractivity contribution in [3.05, 3.63) is 51.6 Å². The lowest BCUT2D eigenvalue weighted by atomic mass is 9.91. The van der Waals surface area contributed by atoms with Gasteiger partial charge >= 0.3 is 5.97 Å². The summed E-state index contributed by atoms with van der Waals surface area (Å²) in [6.45, 7) is -0.868. The minimum Gasteiger partial charge on any atom is -0.480 e. The van der Waals surface area contributed by atoms with Crippen LogP contribution in [0.2, 0.25) is 5.02 Å². The number of esters is 1. The standard InChI is InChI=1S/C22H24ClNO6S/c1-24(2)10-22(11-25,12-26)13-30-18(27)9-29-16-8-7-15(23)19-20(28)14-5-3-4-6-17(14)31-21(16)19/h3-8,25-26H,9-13H2,1-2H3. The fourth-order valence-corrected chi connectivity index (χ4v) is 4.79. The number of aliphatic hydroxyl groups is 2. The monoisotopic (exact) mass is 465 g/mol. The first-order chi connectivity index (χ1) is 14.8. The molecule has 0 radical (unpaired) electrons. The maximum Gasteiger partial charge on any atom is 0.344 e. The molecule has 0 aliphatic carbocycles. The molecular formula is C22H24ClNO6S. The Bertz CT molecular complexity index is 1140. The second-order valence-corrected chi connectivity index (χ2v) is 9.14. The number of halogens is 1. The van der Waals surface area contributed by atoms with E-state index in [1.54, 1.807) is 43.3 Å². The number of benzene rings is 2. The van der Waals surface area contributed by atoms with E-state index in [-0.39, 0.29) is 31.9 Å². The molecule has 0 atom stereocenters. The van der Waals surface area contributed by atoms with Crippen LogP contribution in [0.4, 0.5) is 0 Å². The Hall–Kier alpha value is -2.23. The second kappa shape index (κ2) is 9.93. The van der Waals surface area contributed by atoms with Crippen molar-refractivity contribution in [3.8, 4) is 5.75 Å². The van der Waals surface area contributed by atoms with Gasteiger partial charge in [-0.15, -0.1) is 11.3 Å². The van der Waals surface area contributed by atoms with Crippen LogP contribution in [0.1, 0.15) is 0 Å². The summed E-state index contributed by atoms with van der Waals surface area (Å²) in [4.78, 5) is 26.9. The molecule has 31 heavy (non-hydrogen) atoms. The van der Waals surface area contributed by atoms with Crippen molar-refractivity contribution in [1.29, 1.82) is 0 Å². The minimum absolute atomic E-state index is 0.153. The van der Waals surface area contributed by atoms with E-state index in [4.69, 9.17) is 21.1 Å². The molecule has 0 aliphatic rings. The summed E-state index contributed by atoms with van der Waals surface area (Å²) >= 11 is 7.64. The average molecular weight is 466 g/mol. The number of carbonyl (C=O) groups is 1. The van der Waals surface area contributed by atoms with Crippen molar-refractivity contribution in [2.45, 2.75) is 0 Å².